The predicted molar refractivity (Wildman–Crippen MR) is 247 cm³/mol. The molecule has 0 heterocycles. The molecule has 0 aromatic carbocycles. The van der Waals surface area contributed by atoms with Crippen LogP contribution in [-0.2, 0) is 28.6 Å². The lowest BCUT2D eigenvalue weighted by Gasteiger charge is -2.18. The minimum absolute atomic E-state index is 0.0953. The van der Waals surface area contributed by atoms with Crippen LogP contribution in [0.4, 0.5) is 0 Å². The van der Waals surface area contributed by atoms with Crippen molar-refractivity contribution in [2.75, 3.05) is 13.2 Å². The van der Waals surface area contributed by atoms with E-state index in [2.05, 4.69) is 93.7 Å². The van der Waals surface area contributed by atoms with E-state index in [1.165, 1.54) is 96.3 Å². The van der Waals surface area contributed by atoms with Crippen LogP contribution in [0.1, 0.15) is 220 Å². The Morgan fingerprint density at radius 2 is 0.690 bits per heavy atom. The van der Waals surface area contributed by atoms with Crippen molar-refractivity contribution in [3.8, 4) is 0 Å². The van der Waals surface area contributed by atoms with E-state index in [1.807, 2.05) is 0 Å². The molecule has 0 spiro atoms. The van der Waals surface area contributed by atoms with Gasteiger partial charge >= 0.3 is 17.9 Å². The van der Waals surface area contributed by atoms with Gasteiger partial charge in [-0.1, -0.05) is 190 Å². The average molecular weight is 809 g/mol. The van der Waals surface area contributed by atoms with E-state index in [4.69, 9.17) is 14.2 Å². The number of carbonyl (C=O) groups is 3. The molecule has 0 aliphatic rings. The molecule has 6 nitrogen and oxygen atoms in total. The summed E-state index contributed by atoms with van der Waals surface area (Å²) < 4.78 is 16.6. The topological polar surface area (TPSA) is 78.9 Å². The molecular weight excluding hydrogens is 721 g/mol. The molecule has 0 radical (unpaired) electrons. The second-order valence-electron chi connectivity index (χ2n) is 15.6. The third-order valence-corrected chi connectivity index (χ3v) is 9.95. The molecule has 0 saturated heterocycles. The number of hydrogen-bond donors (Lipinski definition) is 0. The first-order valence-corrected chi connectivity index (χ1v) is 23.9. The molecule has 0 bridgehead atoms. The number of carbonyl (C=O) groups excluding carboxylic acids is 3. The normalized spacial score (nSPS) is 12.7. The van der Waals surface area contributed by atoms with Gasteiger partial charge in [-0.25, -0.2) is 0 Å². The van der Waals surface area contributed by atoms with Crippen LogP contribution in [0.5, 0.6) is 0 Å². The van der Waals surface area contributed by atoms with Gasteiger partial charge in [-0.3, -0.25) is 14.4 Å². The highest BCUT2D eigenvalue weighted by atomic mass is 16.6. The Bertz CT molecular complexity index is 1110. The quantitative estimate of drug-likeness (QED) is 0.0264. The average Bonchev–Trinajstić information content (AvgIpc) is 3.22. The van der Waals surface area contributed by atoms with E-state index in [9.17, 15) is 14.4 Å². The van der Waals surface area contributed by atoms with Crippen molar-refractivity contribution in [3.05, 3.63) is 72.9 Å². The summed E-state index contributed by atoms with van der Waals surface area (Å²) in [5, 5.41) is 0. The van der Waals surface area contributed by atoms with Crippen LogP contribution in [0.15, 0.2) is 72.9 Å². The van der Waals surface area contributed by atoms with Crippen LogP contribution in [0.25, 0.3) is 0 Å². The zero-order chi connectivity index (χ0) is 42.3. The van der Waals surface area contributed by atoms with Gasteiger partial charge in [0.2, 0.25) is 0 Å². The Morgan fingerprint density at radius 1 is 0.362 bits per heavy atom. The Morgan fingerprint density at radius 3 is 1.14 bits per heavy atom. The first kappa shape index (κ1) is 54.9. The van der Waals surface area contributed by atoms with Crippen LogP contribution < -0.4 is 0 Å². The lowest BCUT2D eigenvalue weighted by atomic mass is 10.1. The van der Waals surface area contributed by atoms with Crippen LogP contribution in [0.2, 0.25) is 0 Å². The fraction of sp³-hybridized carbons (Fsp3) is 0.712. The molecule has 0 amide bonds. The summed E-state index contributed by atoms with van der Waals surface area (Å²) in [4.78, 5) is 37.6. The maximum absolute atomic E-state index is 12.7. The minimum atomic E-state index is -0.796. The van der Waals surface area contributed by atoms with Gasteiger partial charge in [0.15, 0.2) is 6.10 Å². The summed E-state index contributed by atoms with van der Waals surface area (Å²) in [7, 11) is 0. The number of esters is 3. The van der Waals surface area contributed by atoms with E-state index in [0.29, 0.717) is 19.3 Å². The highest BCUT2D eigenvalue weighted by molar-refractivity contribution is 5.71. The van der Waals surface area contributed by atoms with Crippen molar-refractivity contribution in [2.24, 2.45) is 0 Å². The highest BCUT2D eigenvalue weighted by Gasteiger charge is 2.19. The van der Waals surface area contributed by atoms with Gasteiger partial charge in [0, 0.05) is 19.3 Å². The van der Waals surface area contributed by atoms with E-state index in [0.717, 1.165) is 77.0 Å². The lowest BCUT2D eigenvalue weighted by molar-refractivity contribution is -0.167. The first-order chi connectivity index (χ1) is 28.5. The van der Waals surface area contributed by atoms with E-state index in [-0.39, 0.29) is 37.5 Å². The SMILES string of the molecule is CC/C=C\C/C=C\C/C=C\C/C=C\C/C=C\CCCC(=O)OCC(COC(=O)CCCCCCCC)OC(=O)CCCCCCCCC/C=C\CCCCCCCC. The van der Waals surface area contributed by atoms with Gasteiger partial charge < -0.3 is 14.2 Å². The number of ether oxygens (including phenoxy) is 3. The maximum Gasteiger partial charge on any atom is 0.306 e. The van der Waals surface area contributed by atoms with Gasteiger partial charge in [-0.05, 0) is 83.5 Å². The molecule has 332 valence electrons. The molecule has 1 atom stereocenters. The number of hydrogen-bond acceptors (Lipinski definition) is 6. The van der Waals surface area contributed by atoms with E-state index < -0.39 is 6.10 Å². The molecule has 0 fully saturated rings. The zero-order valence-corrected chi connectivity index (χ0v) is 37.8. The van der Waals surface area contributed by atoms with Gasteiger partial charge in [0.25, 0.3) is 0 Å². The third-order valence-electron chi connectivity index (χ3n) is 9.95. The largest absolute Gasteiger partial charge is 0.462 e. The maximum atomic E-state index is 12.7. The van der Waals surface area contributed by atoms with Gasteiger partial charge in [-0.2, -0.15) is 0 Å². The summed E-state index contributed by atoms with van der Waals surface area (Å²) >= 11 is 0. The molecule has 0 aromatic rings. The molecule has 6 heteroatoms. The molecule has 0 rings (SSSR count). The van der Waals surface area contributed by atoms with E-state index >= 15 is 0 Å². The molecule has 0 aromatic heterocycles. The van der Waals surface area contributed by atoms with Crippen molar-refractivity contribution in [1.82, 2.24) is 0 Å². The van der Waals surface area contributed by atoms with Gasteiger partial charge in [0.1, 0.15) is 13.2 Å². The molecule has 0 saturated carbocycles. The third kappa shape index (κ3) is 44.0. The Hall–Kier alpha value is -3.15. The molecule has 58 heavy (non-hydrogen) atoms. The Balaban J connectivity index is 4.35. The summed E-state index contributed by atoms with van der Waals surface area (Å²) in [5.41, 5.74) is 0. The van der Waals surface area contributed by atoms with Gasteiger partial charge in [-0.15, -0.1) is 0 Å². The molecular formula is C52H88O6. The first-order valence-electron chi connectivity index (χ1n) is 23.9. The number of rotatable bonds is 42. The smallest absolute Gasteiger partial charge is 0.306 e. The summed E-state index contributed by atoms with van der Waals surface area (Å²) in [6, 6.07) is 0. The summed E-state index contributed by atoms with van der Waals surface area (Å²) in [6.07, 6.45) is 57.7. The number of unbranched alkanes of at least 4 members (excludes halogenated alkanes) is 19. The van der Waals surface area contributed by atoms with Crippen molar-refractivity contribution >= 4 is 17.9 Å². The Kier molecular flexibility index (Phi) is 44.0. The summed E-state index contributed by atoms with van der Waals surface area (Å²) in [6.45, 7) is 6.39. The zero-order valence-electron chi connectivity index (χ0n) is 37.8. The fourth-order valence-electron chi connectivity index (χ4n) is 6.35. The summed E-state index contributed by atoms with van der Waals surface area (Å²) in [5.74, 6) is -0.973. The molecule has 0 aliphatic carbocycles. The molecule has 0 N–H and O–H groups in total. The van der Waals surface area contributed by atoms with Crippen LogP contribution in [0, 0.1) is 0 Å². The molecule has 1 unspecified atom stereocenters. The highest BCUT2D eigenvalue weighted by Crippen LogP contribution is 2.13. The van der Waals surface area contributed by atoms with Gasteiger partial charge in [0.05, 0.1) is 0 Å². The monoisotopic (exact) mass is 809 g/mol. The van der Waals surface area contributed by atoms with Crippen molar-refractivity contribution in [2.45, 2.75) is 226 Å². The fourth-order valence-corrected chi connectivity index (χ4v) is 6.35. The minimum Gasteiger partial charge on any atom is -0.462 e. The number of allylic oxidation sites excluding steroid dienone is 12. The van der Waals surface area contributed by atoms with Crippen LogP contribution >= 0.6 is 0 Å². The standard InChI is InChI=1S/C52H88O6/c1-4-7-10-13-16-18-20-22-24-26-28-30-32-34-36-39-42-45-51(54)57-48-49(47-56-50(53)44-41-38-15-12-9-6-3)58-52(55)46-43-40-37-35-33-31-29-27-25-23-21-19-17-14-11-8-5-2/h7,10,16,18,22-25,28,30,34,36,49H,4-6,8-9,11-15,17,19-21,26-27,29,31-33,35,37-48H2,1-3H3/b10-7-,18-16-,24-22-,25-23-,30-28-,36-34-. The van der Waals surface area contributed by atoms with Crippen molar-refractivity contribution in [1.29, 1.82) is 0 Å². The Labute approximate surface area is 357 Å². The van der Waals surface area contributed by atoms with Crippen LogP contribution in [-0.4, -0.2) is 37.2 Å². The second kappa shape index (κ2) is 46.5. The molecule has 0 aliphatic heterocycles. The predicted octanol–water partition coefficient (Wildman–Crippen LogP) is 15.5. The van der Waals surface area contributed by atoms with E-state index in [1.54, 1.807) is 0 Å². The van der Waals surface area contributed by atoms with Crippen LogP contribution in [0.3, 0.4) is 0 Å². The lowest BCUT2D eigenvalue weighted by Crippen LogP contribution is -2.30. The second-order valence-corrected chi connectivity index (χ2v) is 15.6. The van der Waals surface area contributed by atoms with Crippen molar-refractivity contribution in [3.63, 3.8) is 0 Å². The van der Waals surface area contributed by atoms with Crippen molar-refractivity contribution < 1.29 is 28.6 Å².